The Morgan fingerprint density at radius 3 is 2.90 bits per heavy atom. The Morgan fingerprint density at radius 1 is 1.45 bits per heavy atom. The maximum atomic E-state index is 13.4. The monoisotopic (exact) mass is 295 g/mol. The Kier molecular flexibility index (Phi) is 3.94. The number of likely N-dealkylation sites (N-methyl/N-ethyl adjacent to an activating group) is 1. The van der Waals surface area contributed by atoms with E-state index >= 15 is 0 Å². The summed E-state index contributed by atoms with van der Waals surface area (Å²) in [5.41, 5.74) is 1.66. The zero-order chi connectivity index (χ0) is 14.1. The first-order chi connectivity index (χ1) is 9.72. The first-order valence-corrected chi connectivity index (χ1v) is 7.71. The molecule has 0 bridgehead atoms. The van der Waals surface area contributed by atoms with Crippen LogP contribution in [0.4, 0.5) is 4.39 Å². The first kappa shape index (κ1) is 13.8. The summed E-state index contributed by atoms with van der Waals surface area (Å²) in [7, 11) is 0. The summed E-state index contributed by atoms with van der Waals surface area (Å²) in [6.45, 7) is 5.02. The van der Waals surface area contributed by atoms with Crippen LogP contribution in [0.5, 0.6) is 0 Å². The molecule has 1 aromatic heterocycles. The third kappa shape index (κ3) is 2.67. The van der Waals surface area contributed by atoms with Gasteiger partial charge in [-0.15, -0.1) is 11.6 Å². The van der Waals surface area contributed by atoms with E-state index in [0.29, 0.717) is 5.88 Å². The van der Waals surface area contributed by atoms with E-state index in [2.05, 4.69) is 21.4 Å². The quantitative estimate of drug-likeness (QED) is 0.762. The van der Waals surface area contributed by atoms with Crippen molar-refractivity contribution >= 4 is 22.6 Å². The predicted octanol–water partition coefficient (Wildman–Crippen LogP) is 3.40. The number of fused-ring (bicyclic) bond motifs is 1. The fraction of sp³-hybridized carbons (Fsp3) is 0.533. The van der Waals surface area contributed by atoms with Crippen LogP contribution in [0, 0.1) is 5.82 Å². The molecule has 0 spiro atoms. The van der Waals surface area contributed by atoms with Gasteiger partial charge in [-0.25, -0.2) is 9.37 Å². The molecule has 2 aromatic rings. The lowest BCUT2D eigenvalue weighted by Gasteiger charge is -2.20. The van der Waals surface area contributed by atoms with E-state index in [1.165, 1.54) is 18.9 Å². The summed E-state index contributed by atoms with van der Waals surface area (Å²) < 4.78 is 15.5. The van der Waals surface area contributed by atoms with Crippen molar-refractivity contribution in [3.05, 3.63) is 29.8 Å². The van der Waals surface area contributed by atoms with Gasteiger partial charge in [-0.2, -0.15) is 0 Å². The molecule has 3 nitrogen and oxygen atoms in total. The zero-order valence-corrected chi connectivity index (χ0v) is 12.4. The van der Waals surface area contributed by atoms with Crippen LogP contribution in [0.15, 0.2) is 18.2 Å². The van der Waals surface area contributed by atoms with E-state index in [1.54, 1.807) is 12.1 Å². The topological polar surface area (TPSA) is 21.1 Å². The second-order valence-electron chi connectivity index (χ2n) is 5.31. The normalized spacial score (nSPS) is 15.4. The average Bonchev–Trinajstić information content (AvgIpc) is 3.22. The van der Waals surface area contributed by atoms with E-state index in [4.69, 9.17) is 11.6 Å². The van der Waals surface area contributed by atoms with Crippen molar-refractivity contribution in [3.63, 3.8) is 0 Å². The Labute approximate surface area is 123 Å². The average molecular weight is 296 g/mol. The molecule has 1 fully saturated rings. The molecule has 0 aliphatic heterocycles. The molecule has 108 valence electrons. The van der Waals surface area contributed by atoms with Crippen molar-refractivity contribution in [2.75, 3.05) is 13.1 Å². The molecule has 0 saturated heterocycles. The van der Waals surface area contributed by atoms with Gasteiger partial charge in [-0.3, -0.25) is 4.90 Å². The maximum Gasteiger partial charge on any atom is 0.125 e. The van der Waals surface area contributed by atoms with Crippen molar-refractivity contribution in [1.82, 2.24) is 14.5 Å². The van der Waals surface area contributed by atoms with Gasteiger partial charge >= 0.3 is 0 Å². The summed E-state index contributed by atoms with van der Waals surface area (Å²) in [4.78, 5) is 6.96. The maximum absolute atomic E-state index is 13.4. The molecular weight excluding hydrogens is 277 g/mol. The largest absolute Gasteiger partial charge is 0.326 e. The second kappa shape index (κ2) is 5.70. The van der Waals surface area contributed by atoms with Gasteiger partial charge in [0.15, 0.2) is 0 Å². The SMILES string of the molecule is CCN(CCn1c(CCl)nc2ccc(F)cc21)C1CC1. The highest BCUT2D eigenvalue weighted by Gasteiger charge is 2.27. The summed E-state index contributed by atoms with van der Waals surface area (Å²) in [5, 5.41) is 0. The summed E-state index contributed by atoms with van der Waals surface area (Å²) in [6, 6.07) is 5.45. The highest BCUT2D eigenvalue weighted by atomic mass is 35.5. The van der Waals surface area contributed by atoms with Crippen molar-refractivity contribution in [1.29, 1.82) is 0 Å². The van der Waals surface area contributed by atoms with Gasteiger partial charge in [0.1, 0.15) is 11.6 Å². The molecule has 5 heteroatoms. The van der Waals surface area contributed by atoms with E-state index in [0.717, 1.165) is 42.5 Å². The van der Waals surface area contributed by atoms with Gasteiger partial charge in [-0.05, 0) is 37.6 Å². The molecular formula is C15H19ClFN3. The summed E-state index contributed by atoms with van der Waals surface area (Å²) >= 11 is 5.98. The lowest BCUT2D eigenvalue weighted by atomic mass is 10.3. The number of alkyl halides is 1. The summed E-state index contributed by atoms with van der Waals surface area (Å²) in [5.74, 6) is 0.944. The number of halogens is 2. The smallest absolute Gasteiger partial charge is 0.125 e. The van der Waals surface area contributed by atoms with Crippen LogP contribution in [0.2, 0.25) is 0 Å². The Bertz CT molecular complexity index is 606. The van der Waals surface area contributed by atoms with Crippen molar-refractivity contribution < 1.29 is 4.39 Å². The minimum atomic E-state index is -0.227. The molecule has 1 aliphatic carbocycles. The van der Waals surface area contributed by atoms with Crippen molar-refractivity contribution in [2.45, 2.75) is 38.2 Å². The van der Waals surface area contributed by atoms with Crippen LogP contribution >= 0.6 is 11.6 Å². The molecule has 0 N–H and O–H groups in total. The van der Waals surface area contributed by atoms with Crippen LogP contribution in [0.3, 0.4) is 0 Å². The molecule has 0 atom stereocenters. The minimum Gasteiger partial charge on any atom is -0.326 e. The lowest BCUT2D eigenvalue weighted by Crippen LogP contribution is -2.29. The van der Waals surface area contributed by atoms with E-state index in [1.807, 2.05) is 0 Å². The minimum absolute atomic E-state index is 0.227. The van der Waals surface area contributed by atoms with Crippen LogP contribution in [-0.4, -0.2) is 33.6 Å². The Morgan fingerprint density at radius 2 is 2.25 bits per heavy atom. The van der Waals surface area contributed by atoms with Gasteiger partial charge < -0.3 is 4.57 Å². The number of hydrogen-bond acceptors (Lipinski definition) is 2. The van der Waals surface area contributed by atoms with Crippen LogP contribution in [-0.2, 0) is 12.4 Å². The highest BCUT2D eigenvalue weighted by Crippen LogP contribution is 2.27. The molecule has 1 saturated carbocycles. The van der Waals surface area contributed by atoms with Gasteiger partial charge in [0, 0.05) is 19.1 Å². The second-order valence-corrected chi connectivity index (χ2v) is 5.57. The van der Waals surface area contributed by atoms with Crippen LogP contribution in [0.25, 0.3) is 11.0 Å². The number of nitrogens with zero attached hydrogens (tertiary/aromatic N) is 3. The molecule has 0 amide bonds. The molecule has 0 unspecified atom stereocenters. The molecule has 3 rings (SSSR count). The van der Waals surface area contributed by atoms with Crippen LogP contribution < -0.4 is 0 Å². The van der Waals surface area contributed by atoms with Gasteiger partial charge in [-0.1, -0.05) is 6.92 Å². The Balaban J connectivity index is 1.86. The Hall–Kier alpha value is -1.13. The highest BCUT2D eigenvalue weighted by molar-refractivity contribution is 6.16. The number of benzene rings is 1. The third-order valence-corrected chi connectivity index (χ3v) is 4.23. The van der Waals surface area contributed by atoms with Crippen molar-refractivity contribution in [3.8, 4) is 0 Å². The molecule has 1 heterocycles. The molecule has 20 heavy (non-hydrogen) atoms. The van der Waals surface area contributed by atoms with Gasteiger partial charge in [0.2, 0.25) is 0 Å². The van der Waals surface area contributed by atoms with Crippen LogP contribution in [0.1, 0.15) is 25.6 Å². The fourth-order valence-electron chi connectivity index (χ4n) is 2.76. The number of hydrogen-bond donors (Lipinski definition) is 0. The predicted molar refractivity (Wildman–Crippen MR) is 79.5 cm³/mol. The third-order valence-electron chi connectivity index (χ3n) is 3.99. The van der Waals surface area contributed by atoms with Gasteiger partial charge in [0.05, 0.1) is 16.9 Å². The lowest BCUT2D eigenvalue weighted by molar-refractivity contribution is 0.266. The van der Waals surface area contributed by atoms with E-state index in [9.17, 15) is 4.39 Å². The fourth-order valence-corrected chi connectivity index (χ4v) is 2.97. The van der Waals surface area contributed by atoms with Gasteiger partial charge in [0.25, 0.3) is 0 Å². The number of rotatable bonds is 6. The van der Waals surface area contributed by atoms with E-state index in [-0.39, 0.29) is 5.82 Å². The first-order valence-electron chi connectivity index (χ1n) is 7.17. The number of imidazole rings is 1. The number of aromatic nitrogens is 2. The standard InChI is InChI=1S/C15H19ClFN3/c1-2-19(12-4-5-12)7-8-20-14-9-11(17)3-6-13(14)18-15(20)10-16/h3,6,9,12H,2,4-5,7-8,10H2,1H3. The zero-order valence-electron chi connectivity index (χ0n) is 11.6. The molecule has 0 radical (unpaired) electrons. The van der Waals surface area contributed by atoms with E-state index < -0.39 is 0 Å². The molecule has 1 aromatic carbocycles. The van der Waals surface area contributed by atoms with Crippen molar-refractivity contribution in [2.24, 2.45) is 0 Å². The summed E-state index contributed by atoms with van der Waals surface area (Å²) in [6.07, 6.45) is 2.60. The molecule has 1 aliphatic rings.